The number of nitrogens with zero attached hydrogens (tertiary/aromatic N) is 1. The van der Waals surface area contributed by atoms with Gasteiger partial charge in [0.05, 0.1) is 19.1 Å². The summed E-state index contributed by atoms with van der Waals surface area (Å²) in [7, 11) is 2.33. The van der Waals surface area contributed by atoms with E-state index in [1.54, 1.807) is 4.90 Å². The molecule has 3 nitrogen and oxygen atoms in total. The molecule has 0 radical (unpaired) electrons. The van der Waals surface area contributed by atoms with Gasteiger partial charge in [0.25, 0.3) is 0 Å². The van der Waals surface area contributed by atoms with Crippen LogP contribution in [-0.4, -0.2) is 42.2 Å². The summed E-state index contributed by atoms with van der Waals surface area (Å²) in [5.74, 6) is 0. The van der Waals surface area contributed by atoms with Gasteiger partial charge in [0.1, 0.15) is 0 Å². The zero-order valence-corrected chi connectivity index (χ0v) is 15.3. The molecule has 1 saturated heterocycles. The first-order valence-corrected chi connectivity index (χ1v) is 8.94. The van der Waals surface area contributed by atoms with Crippen LogP contribution in [0.5, 0.6) is 0 Å². The van der Waals surface area contributed by atoms with E-state index in [1.165, 1.54) is 19.3 Å². The largest absolute Gasteiger partial charge is 0.349 e. The van der Waals surface area contributed by atoms with Crippen molar-refractivity contribution in [3.05, 3.63) is 29.3 Å². The summed E-state index contributed by atoms with van der Waals surface area (Å²) in [5, 5.41) is 4.83. The van der Waals surface area contributed by atoms with Crippen molar-refractivity contribution >= 4 is 34.6 Å². The molecule has 0 aromatic heterocycles. The molecule has 122 valence electrons. The highest BCUT2D eigenvalue weighted by molar-refractivity contribution is 7.80. The van der Waals surface area contributed by atoms with Crippen molar-refractivity contribution in [2.75, 3.05) is 25.5 Å². The summed E-state index contributed by atoms with van der Waals surface area (Å²) >= 11 is 11.6. The van der Waals surface area contributed by atoms with Crippen LogP contribution < -0.4 is 10.2 Å². The fourth-order valence-corrected chi connectivity index (χ4v) is 3.52. The summed E-state index contributed by atoms with van der Waals surface area (Å²) in [6.07, 6.45) is 3.64. The highest BCUT2D eigenvalue weighted by atomic mass is 35.5. The molecule has 5 heteroatoms. The Balaban J connectivity index is 1.85. The first-order chi connectivity index (χ1) is 10.5. The van der Waals surface area contributed by atoms with E-state index in [0.717, 1.165) is 41.0 Å². The van der Waals surface area contributed by atoms with Gasteiger partial charge in [-0.05, 0) is 43.8 Å². The first-order valence-electron chi connectivity index (χ1n) is 8.16. The fourth-order valence-electron chi connectivity index (χ4n) is 3.03. The van der Waals surface area contributed by atoms with E-state index >= 15 is 0 Å². The van der Waals surface area contributed by atoms with Crippen LogP contribution in [0.4, 0.5) is 5.69 Å². The third kappa shape index (κ3) is 4.58. The number of halogens is 1. The van der Waals surface area contributed by atoms with E-state index in [2.05, 4.69) is 31.1 Å². The number of rotatable bonds is 4. The molecular formula is C17H27ClN3S+. The van der Waals surface area contributed by atoms with Gasteiger partial charge in [0.2, 0.25) is 0 Å². The second-order valence-electron chi connectivity index (χ2n) is 6.26. The molecule has 2 atom stereocenters. The average molecular weight is 341 g/mol. The SMILES string of the molecule is CCC(C)[NH+](C)C1CCN(C(=S)Nc2cccc(Cl)c2)CC1. The number of nitrogens with one attached hydrogen (secondary N) is 2. The predicted molar refractivity (Wildman–Crippen MR) is 98.9 cm³/mol. The minimum Gasteiger partial charge on any atom is -0.349 e. The van der Waals surface area contributed by atoms with Gasteiger partial charge in [-0.2, -0.15) is 0 Å². The summed E-state index contributed by atoms with van der Waals surface area (Å²) in [6, 6.07) is 9.18. The van der Waals surface area contributed by atoms with E-state index in [1.807, 2.05) is 24.3 Å². The summed E-state index contributed by atoms with van der Waals surface area (Å²) < 4.78 is 0. The number of hydrogen-bond acceptors (Lipinski definition) is 1. The van der Waals surface area contributed by atoms with Gasteiger partial charge in [-0.15, -0.1) is 0 Å². The molecule has 0 bridgehead atoms. The molecule has 0 spiro atoms. The lowest BCUT2D eigenvalue weighted by molar-refractivity contribution is -0.930. The molecule has 1 aromatic rings. The van der Waals surface area contributed by atoms with Gasteiger partial charge in [-0.25, -0.2) is 0 Å². The molecular weight excluding hydrogens is 314 g/mol. The molecule has 22 heavy (non-hydrogen) atoms. The molecule has 0 aliphatic carbocycles. The van der Waals surface area contributed by atoms with Crippen molar-refractivity contribution in [1.29, 1.82) is 0 Å². The average Bonchev–Trinajstić information content (AvgIpc) is 2.53. The van der Waals surface area contributed by atoms with Gasteiger partial charge in [0.15, 0.2) is 5.11 Å². The Morgan fingerprint density at radius 1 is 1.45 bits per heavy atom. The topological polar surface area (TPSA) is 19.7 Å². The molecule has 0 saturated carbocycles. The minimum atomic E-state index is 0.727. The summed E-state index contributed by atoms with van der Waals surface area (Å²) in [5.41, 5.74) is 0.960. The number of likely N-dealkylation sites (tertiary alicyclic amines) is 1. The number of quaternary nitrogens is 1. The summed E-state index contributed by atoms with van der Waals surface area (Å²) in [6.45, 7) is 6.68. The van der Waals surface area contributed by atoms with Crippen molar-refractivity contribution in [3.8, 4) is 0 Å². The minimum absolute atomic E-state index is 0.727. The lowest BCUT2D eigenvalue weighted by atomic mass is 10.0. The van der Waals surface area contributed by atoms with Gasteiger partial charge in [0, 0.05) is 36.6 Å². The van der Waals surface area contributed by atoms with E-state index in [0.29, 0.717) is 0 Å². The van der Waals surface area contributed by atoms with Crippen LogP contribution in [0.2, 0.25) is 5.02 Å². The Bertz CT molecular complexity index is 500. The van der Waals surface area contributed by atoms with Gasteiger partial charge in [-0.1, -0.05) is 24.6 Å². The Morgan fingerprint density at radius 3 is 2.73 bits per heavy atom. The molecule has 1 aliphatic rings. The van der Waals surface area contributed by atoms with Crippen molar-refractivity contribution in [2.24, 2.45) is 0 Å². The van der Waals surface area contributed by atoms with E-state index < -0.39 is 0 Å². The van der Waals surface area contributed by atoms with Crippen LogP contribution in [-0.2, 0) is 0 Å². The van der Waals surface area contributed by atoms with Crippen molar-refractivity contribution in [1.82, 2.24) is 4.90 Å². The van der Waals surface area contributed by atoms with Crippen LogP contribution in [0.25, 0.3) is 0 Å². The smallest absolute Gasteiger partial charge is 0.173 e. The second-order valence-corrected chi connectivity index (χ2v) is 7.08. The van der Waals surface area contributed by atoms with Crippen molar-refractivity contribution in [2.45, 2.75) is 45.2 Å². The molecule has 0 amide bonds. The second kappa shape index (κ2) is 8.14. The highest BCUT2D eigenvalue weighted by Crippen LogP contribution is 2.17. The molecule has 1 aliphatic heterocycles. The molecule has 2 rings (SSSR count). The van der Waals surface area contributed by atoms with Gasteiger partial charge >= 0.3 is 0 Å². The third-order valence-electron chi connectivity index (χ3n) is 4.89. The normalized spacial score (nSPS) is 18.8. The molecule has 2 N–H and O–H groups in total. The van der Waals surface area contributed by atoms with Crippen molar-refractivity contribution < 1.29 is 4.90 Å². The third-order valence-corrected chi connectivity index (χ3v) is 5.49. The maximum atomic E-state index is 6.01. The standard InChI is InChI=1S/C17H26ClN3S/c1-4-13(2)20(3)16-8-10-21(11-9-16)17(22)19-15-7-5-6-14(18)12-15/h5-7,12-13,16H,4,8-11H2,1-3H3,(H,19,22)/p+1. The zero-order valence-electron chi connectivity index (χ0n) is 13.7. The van der Waals surface area contributed by atoms with E-state index in [9.17, 15) is 0 Å². The first kappa shape index (κ1) is 17.5. The van der Waals surface area contributed by atoms with Crippen molar-refractivity contribution in [3.63, 3.8) is 0 Å². The Kier molecular flexibility index (Phi) is 6.48. The zero-order chi connectivity index (χ0) is 16.1. The highest BCUT2D eigenvalue weighted by Gasteiger charge is 2.28. The Hall–Kier alpha value is -0.840. The lowest BCUT2D eigenvalue weighted by Crippen LogP contribution is -3.16. The maximum absolute atomic E-state index is 6.01. The molecule has 1 aromatic carbocycles. The molecule has 1 heterocycles. The number of benzene rings is 1. The Morgan fingerprint density at radius 2 is 2.14 bits per heavy atom. The quantitative estimate of drug-likeness (QED) is 0.822. The van der Waals surface area contributed by atoms with Gasteiger partial charge < -0.3 is 15.1 Å². The number of piperidine rings is 1. The summed E-state index contributed by atoms with van der Waals surface area (Å²) in [4.78, 5) is 3.94. The van der Waals surface area contributed by atoms with Crippen LogP contribution in [0.1, 0.15) is 33.1 Å². The predicted octanol–water partition coefficient (Wildman–Crippen LogP) is 2.81. The van der Waals surface area contributed by atoms with E-state index in [4.69, 9.17) is 23.8 Å². The number of anilines is 1. The van der Waals surface area contributed by atoms with Crippen LogP contribution >= 0.6 is 23.8 Å². The molecule has 1 fully saturated rings. The Labute approximate surface area is 144 Å². The van der Waals surface area contributed by atoms with Crippen LogP contribution in [0, 0.1) is 0 Å². The number of thiocarbonyl (C=S) groups is 1. The maximum Gasteiger partial charge on any atom is 0.173 e. The van der Waals surface area contributed by atoms with Gasteiger partial charge in [-0.3, -0.25) is 0 Å². The lowest BCUT2D eigenvalue weighted by Gasteiger charge is -2.37. The number of hydrogen-bond donors (Lipinski definition) is 2. The monoisotopic (exact) mass is 340 g/mol. The fraction of sp³-hybridized carbons (Fsp3) is 0.588. The van der Waals surface area contributed by atoms with E-state index in [-0.39, 0.29) is 0 Å². The van der Waals surface area contributed by atoms with Crippen LogP contribution in [0.15, 0.2) is 24.3 Å². The molecule has 2 unspecified atom stereocenters. The van der Waals surface area contributed by atoms with Crippen LogP contribution in [0.3, 0.4) is 0 Å².